The number of hydrogen-bond acceptors (Lipinski definition) is 2. The van der Waals surface area contributed by atoms with Crippen LogP contribution < -0.4 is 0 Å². The number of hydrogen-bond donors (Lipinski definition) is 0. The van der Waals surface area contributed by atoms with E-state index < -0.39 is 0 Å². The molecule has 0 aromatic carbocycles. The zero-order chi connectivity index (χ0) is 12.1. The highest BCUT2D eigenvalue weighted by Crippen LogP contribution is 2.10. The van der Waals surface area contributed by atoms with Crippen LogP contribution in [0.1, 0.15) is 13.8 Å². The fraction of sp³-hybridized carbons (Fsp3) is 0.500. The maximum atomic E-state index is 11.7. The molecule has 2 amide bonds. The van der Waals surface area contributed by atoms with E-state index in [1.807, 2.05) is 13.8 Å². The SMILES string of the molecule is C=CC(=O)N1CCN(C(=O)/C=C/C)[C@H](C)C1. The first kappa shape index (κ1) is 12.5. The summed E-state index contributed by atoms with van der Waals surface area (Å²) in [6, 6.07) is 0.0568. The number of carbonyl (C=O) groups excluding carboxylic acids is 2. The maximum absolute atomic E-state index is 11.7. The van der Waals surface area contributed by atoms with Gasteiger partial charge in [0, 0.05) is 25.7 Å². The van der Waals surface area contributed by atoms with Crippen molar-refractivity contribution in [2.45, 2.75) is 19.9 Å². The molecule has 0 spiro atoms. The molecule has 1 aliphatic heterocycles. The molecule has 4 heteroatoms. The Kier molecular flexibility index (Phi) is 4.28. The van der Waals surface area contributed by atoms with Crippen molar-refractivity contribution in [1.82, 2.24) is 9.80 Å². The van der Waals surface area contributed by atoms with Crippen molar-refractivity contribution in [3.8, 4) is 0 Å². The van der Waals surface area contributed by atoms with Crippen molar-refractivity contribution in [2.24, 2.45) is 0 Å². The van der Waals surface area contributed by atoms with Gasteiger partial charge < -0.3 is 9.80 Å². The Hall–Kier alpha value is -1.58. The third-order valence-corrected chi connectivity index (χ3v) is 2.71. The van der Waals surface area contributed by atoms with Crippen LogP contribution in [0.4, 0.5) is 0 Å². The minimum atomic E-state index is -0.0648. The van der Waals surface area contributed by atoms with Crippen molar-refractivity contribution in [3.63, 3.8) is 0 Å². The molecule has 1 fully saturated rings. The van der Waals surface area contributed by atoms with Gasteiger partial charge in [0.25, 0.3) is 0 Å². The van der Waals surface area contributed by atoms with E-state index >= 15 is 0 Å². The third kappa shape index (κ3) is 2.72. The van der Waals surface area contributed by atoms with E-state index in [2.05, 4.69) is 6.58 Å². The lowest BCUT2D eigenvalue weighted by Crippen LogP contribution is -2.54. The van der Waals surface area contributed by atoms with Crippen LogP contribution in [0.5, 0.6) is 0 Å². The summed E-state index contributed by atoms with van der Waals surface area (Å²) >= 11 is 0. The van der Waals surface area contributed by atoms with Gasteiger partial charge in [-0.3, -0.25) is 9.59 Å². The molecule has 4 nitrogen and oxygen atoms in total. The largest absolute Gasteiger partial charge is 0.335 e. The standard InChI is InChI=1S/C12H18N2O2/c1-4-6-12(16)14-8-7-13(9-10(14)3)11(15)5-2/h4-6,10H,2,7-9H2,1,3H3/b6-4+/t10-/m1/s1. The molecule has 0 N–H and O–H groups in total. The third-order valence-electron chi connectivity index (χ3n) is 2.71. The monoisotopic (exact) mass is 222 g/mol. The van der Waals surface area contributed by atoms with Gasteiger partial charge in [-0.05, 0) is 26.0 Å². The zero-order valence-corrected chi connectivity index (χ0v) is 9.85. The number of nitrogens with zero attached hydrogens (tertiary/aromatic N) is 2. The van der Waals surface area contributed by atoms with Crippen LogP contribution in [-0.2, 0) is 9.59 Å². The Morgan fingerprint density at radius 1 is 1.31 bits per heavy atom. The molecule has 1 aliphatic rings. The Balaban J connectivity index is 2.62. The highest BCUT2D eigenvalue weighted by atomic mass is 16.2. The van der Waals surface area contributed by atoms with Crippen molar-refractivity contribution < 1.29 is 9.59 Å². The maximum Gasteiger partial charge on any atom is 0.246 e. The van der Waals surface area contributed by atoms with Gasteiger partial charge in [-0.15, -0.1) is 0 Å². The number of amides is 2. The van der Waals surface area contributed by atoms with Crippen LogP contribution in [0, 0.1) is 0 Å². The predicted molar refractivity (Wildman–Crippen MR) is 62.8 cm³/mol. The molecule has 0 saturated carbocycles. The Labute approximate surface area is 96.2 Å². The van der Waals surface area contributed by atoms with Crippen LogP contribution in [0.15, 0.2) is 24.8 Å². The van der Waals surface area contributed by atoms with Gasteiger partial charge in [-0.1, -0.05) is 12.7 Å². The minimum Gasteiger partial charge on any atom is -0.335 e. The molecule has 1 saturated heterocycles. The van der Waals surface area contributed by atoms with Crippen molar-refractivity contribution in [3.05, 3.63) is 24.8 Å². The molecule has 1 rings (SSSR count). The van der Waals surface area contributed by atoms with Crippen molar-refractivity contribution in [2.75, 3.05) is 19.6 Å². The van der Waals surface area contributed by atoms with E-state index in [-0.39, 0.29) is 17.9 Å². The number of allylic oxidation sites excluding steroid dienone is 1. The predicted octanol–water partition coefficient (Wildman–Crippen LogP) is 0.808. The summed E-state index contributed by atoms with van der Waals surface area (Å²) in [5.74, 6) is -0.0503. The Morgan fingerprint density at radius 3 is 2.50 bits per heavy atom. The van der Waals surface area contributed by atoms with Crippen LogP contribution in [0.25, 0.3) is 0 Å². The molecule has 0 unspecified atom stereocenters. The quantitative estimate of drug-likeness (QED) is 0.649. The number of carbonyl (C=O) groups is 2. The summed E-state index contributed by atoms with van der Waals surface area (Å²) in [6.45, 7) is 8.98. The van der Waals surface area contributed by atoms with Gasteiger partial charge in [-0.25, -0.2) is 0 Å². The molecule has 0 aromatic rings. The highest BCUT2D eigenvalue weighted by Gasteiger charge is 2.27. The van der Waals surface area contributed by atoms with Crippen LogP contribution in [0.3, 0.4) is 0 Å². The second kappa shape index (κ2) is 5.49. The van der Waals surface area contributed by atoms with Gasteiger partial charge in [0.15, 0.2) is 0 Å². The van der Waals surface area contributed by atoms with E-state index in [0.29, 0.717) is 19.6 Å². The molecule has 0 aliphatic carbocycles. The van der Waals surface area contributed by atoms with Crippen molar-refractivity contribution in [1.29, 1.82) is 0 Å². The van der Waals surface area contributed by atoms with E-state index in [9.17, 15) is 9.59 Å². The molecule has 1 heterocycles. The minimum absolute atomic E-state index is 0.0145. The fourth-order valence-electron chi connectivity index (χ4n) is 1.85. The second-order valence-corrected chi connectivity index (χ2v) is 3.87. The topological polar surface area (TPSA) is 40.6 Å². The van der Waals surface area contributed by atoms with Crippen LogP contribution >= 0.6 is 0 Å². The van der Waals surface area contributed by atoms with Crippen LogP contribution in [0.2, 0.25) is 0 Å². The fourth-order valence-corrected chi connectivity index (χ4v) is 1.85. The van der Waals surface area contributed by atoms with Gasteiger partial charge in [0.1, 0.15) is 0 Å². The number of piperazine rings is 1. The molecule has 1 atom stereocenters. The zero-order valence-electron chi connectivity index (χ0n) is 9.85. The summed E-state index contributed by atoms with van der Waals surface area (Å²) in [6.07, 6.45) is 4.61. The first-order valence-electron chi connectivity index (χ1n) is 5.44. The summed E-state index contributed by atoms with van der Waals surface area (Å²) in [5.41, 5.74) is 0. The molecule has 88 valence electrons. The first-order valence-corrected chi connectivity index (χ1v) is 5.44. The molecule has 0 bridgehead atoms. The Bertz CT molecular complexity index is 323. The molecular formula is C12H18N2O2. The van der Waals surface area contributed by atoms with Crippen molar-refractivity contribution >= 4 is 11.8 Å². The van der Waals surface area contributed by atoms with E-state index in [0.717, 1.165) is 0 Å². The molecular weight excluding hydrogens is 204 g/mol. The lowest BCUT2D eigenvalue weighted by molar-refractivity contribution is -0.136. The van der Waals surface area contributed by atoms with Gasteiger partial charge >= 0.3 is 0 Å². The summed E-state index contributed by atoms with van der Waals surface area (Å²) in [5, 5.41) is 0. The highest BCUT2D eigenvalue weighted by molar-refractivity contribution is 5.89. The lowest BCUT2D eigenvalue weighted by atomic mass is 10.2. The molecule has 0 radical (unpaired) electrons. The second-order valence-electron chi connectivity index (χ2n) is 3.87. The Morgan fingerprint density at radius 2 is 2.00 bits per heavy atom. The van der Waals surface area contributed by atoms with Crippen LogP contribution in [-0.4, -0.2) is 47.3 Å². The van der Waals surface area contributed by atoms with E-state index in [1.54, 1.807) is 22.0 Å². The lowest BCUT2D eigenvalue weighted by Gasteiger charge is -2.39. The number of rotatable bonds is 2. The molecule has 16 heavy (non-hydrogen) atoms. The molecule has 0 aromatic heterocycles. The summed E-state index contributed by atoms with van der Waals surface area (Å²) in [7, 11) is 0. The van der Waals surface area contributed by atoms with Gasteiger partial charge in [0.2, 0.25) is 11.8 Å². The average molecular weight is 222 g/mol. The summed E-state index contributed by atoms with van der Waals surface area (Å²) < 4.78 is 0. The van der Waals surface area contributed by atoms with E-state index in [4.69, 9.17) is 0 Å². The average Bonchev–Trinajstić information content (AvgIpc) is 2.28. The summed E-state index contributed by atoms with van der Waals surface area (Å²) in [4.78, 5) is 26.6. The first-order chi connectivity index (χ1) is 7.60. The van der Waals surface area contributed by atoms with Gasteiger partial charge in [-0.2, -0.15) is 0 Å². The normalized spacial score (nSPS) is 21.2. The van der Waals surface area contributed by atoms with Gasteiger partial charge in [0.05, 0.1) is 0 Å². The van der Waals surface area contributed by atoms with E-state index in [1.165, 1.54) is 6.08 Å². The smallest absolute Gasteiger partial charge is 0.246 e.